The number of carbonyl (C=O) groups is 1. The molecule has 6 nitrogen and oxygen atoms in total. The quantitative estimate of drug-likeness (QED) is 0.814. The molecule has 2 heterocycles. The number of hydrogen-bond acceptors (Lipinski definition) is 5. The molecule has 1 fully saturated rings. The Bertz CT molecular complexity index is 751. The summed E-state index contributed by atoms with van der Waals surface area (Å²) in [5.41, 5.74) is 1.23. The van der Waals surface area contributed by atoms with E-state index in [4.69, 9.17) is 0 Å². The highest BCUT2D eigenvalue weighted by molar-refractivity contribution is 8.00. The van der Waals surface area contributed by atoms with Crippen LogP contribution in [-0.4, -0.2) is 49.0 Å². The molecule has 1 aliphatic heterocycles. The summed E-state index contributed by atoms with van der Waals surface area (Å²) in [4.78, 5) is 15.9. The van der Waals surface area contributed by atoms with Crippen LogP contribution in [0.15, 0.2) is 29.2 Å². The van der Waals surface area contributed by atoms with Crippen molar-refractivity contribution >= 4 is 17.7 Å². The fraction of sp³-hybridized carbons (Fsp3) is 0.526. The molecule has 7 heteroatoms. The van der Waals surface area contributed by atoms with Gasteiger partial charge in [-0.15, -0.1) is 22.0 Å². The summed E-state index contributed by atoms with van der Waals surface area (Å²) in [6, 6.07) is 8.30. The molecule has 2 aromatic rings. The van der Waals surface area contributed by atoms with E-state index in [0.717, 1.165) is 36.7 Å². The van der Waals surface area contributed by atoms with Gasteiger partial charge >= 0.3 is 0 Å². The normalized spacial score (nSPS) is 16.7. The van der Waals surface area contributed by atoms with Crippen LogP contribution >= 0.6 is 11.8 Å². The van der Waals surface area contributed by atoms with Gasteiger partial charge in [-0.25, -0.2) is 0 Å². The third-order valence-corrected chi connectivity index (χ3v) is 6.09. The third-order valence-electron chi connectivity index (χ3n) is 4.99. The molecule has 26 heavy (non-hydrogen) atoms. The Morgan fingerprint density at radius 1 is 1.27 bits per heavy atom. The predicted molar refractivity (Wildman–Crippen MR) is 102 cm³/mol. The second-order valence-electron chi connectivity index (χ2n) is 6.86. The Labute approximate surface area is 158 Å². The van der Waals surface area contributed by atoms with E-state index in [1.807, 2.05) is 23.4 Å². The average molecular weight is 375 g/mol. The molecule has 0 bridgehead atoms. The minimum Gasteiger partial charge on any atom is -0.388 e. The van der Waals surface area contributed by atoms with E-state index in [1.165, 1.54) is 5.56 Å². The minimum atomic E-state index is -0.103. The molecule has 1 atom stereocenters. The molecular weight excluding hydrogens is 348 g/mol. The lowest BCUT2D eigenvalue weighted by Crippen LogP contribution is -2.42. The van der Waals surface area contributed by atoms with Crippen LogP contribution < -0.4 is 0 Å². The maximum Gasteiger partial charge on any atom is 0.235 e. The van der Waals surface area contributed by atoms with Gasteiger partial charge in [0.15, 0.2) is 5.82 Å². The fourth-order valence-corrected chi connectivity index (χ4v) is 4.31. The summed E-state index contributed by atoms with van der Waals surface area (Å²) in [5, 5.41) is 17.4. The Balaban J connectivity index is 1.55. The zero-order valence-corrected chi connectivity index (χ0v) is 16.4. The van der Waals surface area contributed by atoms with Crippen molar-refractivity contribution in [3.63, 3.8) is 0 Å². The summed E-state index contributed by atoms with van der Waals surface area (Å²) >= 11 is 1.61. The largest absolute Gasteiger partial charge is 0.388 e. The van der Waals surface area contributed by atoms with Gasteiger partial charge in [0.1, 0.15) is 12.4 Å². The zero-order chi connectivity index (χ0) is 18.7. The number of likely N-dealkylation sites (tertiary alicyclic amines) is 1. The first-order valence-electron chi connectivity index (χ1n) is 9.00. The van der Waals surface area contributed by atoms with Gasteiger partial charge in [0, 0.05) is 31.0 Å². The van der Waals surface area contributed by atoms with Gasteiger partial charge in [0.2, 0.25) is 5.91 Å². The maximum absolute atomic E-state index is 12.8. The first-order valence-corrected chi connectivity index (χ1v) is 9.88. The van der Waals surface area contributed by atoms with Gasteiger partial charge in [-0.3, -0.25) is 4.79 Å². The smallest absolute Gasteiger partial charge is 0.235 e. The average Bonchev–Trinajstić information content (AvgIpc) is 3.03. The molecule has 0 saturated carbocycles. The standard InChI is InChI=1S/C19H26N4O2S/c1-13-4-6-16(7-5-13)26-14(2)19(25)23-10-8-15(9-11-23)18-21-20-17(12-24)22(18)3/h4-7,14-15,24H,8-12H2,1-3H3/t14-/m0/s1. The summed E-state index contributed by atoms with van der Waals surface area (Å²) < 4.78 is 1.87. The van der Waals surface area contributed by atoms with Crippen LogP contribution in [0.2, 0.25) is 0 Å². The molecular formula is C19H26N4O2S. The SMILES string of the molecule is Cc1ccc(S[C@@H](C)C(=O)N2CCC(c3nnc(CO)n3C)CC2)cc1. The van der Waals surface area contributed by atoms with Crippen LogP contribution in [-0.2, 0) is 18.4 Å². The number of thioether (sulfide) groups is 1. The van der Waals surface area contributed by atoms with Crippen molar-refractivity contribution in [3.8, 4) is 0 Å². The molecule has 0 unspecified atom stereocenters. The van der Waals surface area contributed by atoms with Crippen LogP contribution in [0.1, 0.15) is 42.9 Å². The van der Waals surface area contributed by atoms with Gasteiger partial charge < -0.3 is 14.6 Å². The maximum atomic E-state index is 12.8. The number of aryl methyl sites for hydroxylation is 1. The number of aromatic nitrogens is 3. The van der Waals surface area contributed by atoms with Crippen molar-refractivity contribution in [2.75, 3.05) is 13.1 Å². The number of nitrogens with zero attached hydrogens (tertiary/aromatic N) is 4. The van der Waals surface area contributed by atoms with Crippen molar-refractivity contribution in [1.29, 1.82) is 0 Å². The van der Waals surface area contributed by atoms with E-state index >= 15 is 0 Å². The first kappa shape index (κ1) is 18.9. The number of aliphatic hydroxyl groups excluding tert-OH is 1. The highest BCUT2D eigenvalue weighted by atomic mass is 32.2. The van der Waals surface area contributed by atoms with Gasteiger partial charge in [-0.1, -0.05) is 17.7 Å². The lowest BCUT2D eigenvalue weighted by atomic mass is 9.95. The highest BCUT2D eigenvalue weighted by Gasteiger charge is 2.29. The summed E-state index contributed by atoms with van der Waals surface area (Å²) in [7, 11) is 1.89. The van der Waals surface area contributed by atoms with Gasteiger partial charge in [-0.2, -0.15) is 0 Å². The fourth-order valence-electron chi connectivity index (χ4n) is 3.36. The van der Waals surface area contributed by atoms with Crippen molar-refractivity contribution in [2.24, 2.45) is 7.05 Å². The molecule has 0 spiro atoms. The molecule has 1 aromatic carbocycles. The van der Waals surface area contributed by atoms with Crippen LogP contribution in [0.3, 0.4) is 0 Å². The van der Waals surface area contributed by atoms with E-state index < -0.39 is 0 Å². The molecule has 1 saturated heterocycles. The molecule has 1 aromatic heterocycles. The van der Waals surface area contributed by atoms with Gasteiger partial charge in [0.25, 0.3) is 0 Å². The molecule has 3 rings (SSSR count). The molecule has 1 aliphatic rings. The first-order chi connectivity index (χ1) is 12.5. The van der Waals surface area contributed by atoms with E-state index in [1.54, 1.807) is 11.8 Å². The van der Waals surface area contributed by atoms with Gasteiger partial charge in [0.05, 0.1) is 5.25 Å². The van der Waals surface area contributed by atoms with Crippen LogP contribution in [0, 0.1) is 6.92 Å². The number of piperidine rings is 1. The summed E-state index contributed by atoms with van der Waals surface area (Å²) in [6.45, 7) is 5.42. The number of carbonyl (C=O) groups excluding carboxylic acids is 1. The second kappa shape index (κ2) is 8.22. The van der Waals surface area contributed by atoms with Crippen molar-refractivity contribution < 1.29 is 9.90 Å². The number of amides is 1. The van der Waals surface area contributed by atoms with E-state index in [0.29, 0.717) is 5.82 Å². The number of aliphatic hydroxyl groups is 1. The van der Waals surface area contributed by atoms with Crippen LogP contribution in [0.4, 0.5) is 0 Å². The molecule has 1 amide bonds. The van der Waals surface area contributed by atoms with Crippen molar-refractivity contribution in [3.05, 3.63) is 41.5 Å². The van der Waals surface area contributed by atoms with E-state index in [9.17, 15) is 9.90 Å². The Hall–Kier alpha value is -1.86. The lowest BCUT2D eigenvalue weighted by Gasteiger charge is -2.33. The van der Waals surface area contributed by atoms with Crippen LogP contribution in [0.5, 0.6) is 0 Å². The lowest BCUT2D eigenvalue weighted by molar-refractivity contribution is -0.131. The topological polar surface area (TPSA) is 71.2 Å². The molecule has 1 N–H and O–H groups in total. The zero-order valence-electron chi connectivity index (χ0n) is 15.6. The number of hydrogen-bond donors (Lipinski definition) is 1. The van der Waals surface area contributed by atoms with E-state index in [-0.39, 0.29) is 23.7 Å². The second-order valence-corrected chi connectivity index (χ2v) is 8.28. The highest BCUT2D eigenvalue weighted by Crippen LogP contribution is 2.30. The van der Waals surface area contributed by atoms with Crippen molar-refractivity contribution in [1.82, 2.24) is 19.7 Å². The summed E-state index contributed by atoms with van der Waals surface area (Å²) in [6.07, 6.45) is 1.76. The number of benzene rings is 1. The Kier molecular flexibility index (Phi) is 5.98. The summed E-state index contributed by atoms with van der Waals surface area (Å²) in [5.74, 6) is 1.98. The predicted octanol–water partition coefficient (Wildman–Crippen LogP) is 2.50. The Morgan fingerprint density at radius 3 is 2.50 bits per heavy atom. The minimum absolute atomic E-state index is 0.0925. The Morgan fingerprint density at radius 2 is 1.92 bits per heavy atom. The molecule has 0 radical (unpaired) electrons. The van der Waals surface area contributed by atoms with Gasteiger partial charge in [-0.05, 0) is 38.8 Å². The van der Waals surface area contributed by atoms with Crippen LogP contribution in [0.25, 0.3) is 0 Å². The van der Waals surface area contributed by atoms with Crippen molar-refractivity contribution in [2.45, 2.75) is 49.4 Å². The molecule has 140 valence electrons. The molecule has 0 aliphatic carbocycles. The number of rotatable bonds is 5. The third kappa shape index (κ3) is 4.10. The van der Waals surface area contributed by atoms with E-state index in [2.05, 4.69) is 41.4 Å². The monoisotopic (exact) mass is 374 g/mol.